The highest BCUT2D eigenvalue weighted by molar-refractivity contribution is 7.92. The van der Waals surface area contributed by atoms with Crippen LogP contribution >= 0.6 is 0 Å². The summed E-state index contributed by atoms with van der Waals surface area (Å²) < 4.78 is 33.8. The van der Waals surface area contributed by atoms with Crippen molar-refractivity contribution in [3.8, 4) is 5.75 Å². The normalized spacial score (nSPS) is 11.9. The second-order valence-electron chi connectivity index (χ2n) is 9.35. The van der Waals surface area contributed by atoms with E-state index in [9.17, 15) is 18.0 Å². The monoisotopic (exact) mass is 551 g/mol. The van der Waals surface area contributed by atoms with Crippen molar-refractivity contribution < 1.29 is 22.7 Å². The number of nitrogens with one attached hydrogen (secondary N) is 1. The minimum atomic E-state index is -4.07. The van der Waals surface area contributed by atoms with Crippen LogP contribution in [0.2, 0.25) is 0 Å². The number of carbonyl (C=O) groups excluding carboxylic acids is 2. The molecule has 0 saturated carbocycles. The summed E-state index contributed by atoms with van der Waals surface area (Å²) >= 11 is 0. The number of aryl methyl sites for hydroxylation is 1. The highest BCUT2D eigenvalue weighted by Gasteiger charge is 2.32. The Bertz CT molecular complexity index is 1330. The highest BCUT2D eigenvalue weighted by Crippen LogP contribution is 2.25. The number of nitrogens with zero attached hydrogens (tertiary/aromatic N) is 2. The third kappa shape index (κ3) is 7.83. The van der Waals surface area contributed by atoms with Crippen LogP contribution in [0.3, 0.4) is 0 Å². The van der Waals surface area contributed by atoms with Gasteiger partial charge in [0.2, 0.25) is 11.8 Å². The van der Waals surface area contributed by atoms with Gasteiger partial charge < -0.3 is 15.0 Å². The summed E-state index contributed by atoms with van der Waals surface area (Å²) in [5, 5.41) is 2.89. The molecule has 0 aliphatic heterocycles. The largest absolute Gasteiger partial charge is 0.497 e. The molecular weight excluding hydrogens is 514 g/mol. The van der Waals surface area contributed by atoms with Gasteiger partial charge in [-0.15, -0.1) is 0 Å². The summed E-state index contributed by atoms with van der Waals surface area (Å²) in [6.07, 6.45) is 1.74. The second-order valence-corrected chi connectivity index (χ2v) is 11.2. The number of unbranched alkanes of at least 4 members (excludes halogenated alkanes) is 1. The van der Waals surface area contributed by atoms with E-state index >= 15 is 0 Å². The van der Waals surface area contributed by atoms with Crippen LogP contribution in [-0.2, 0) is 26.2 Å². The number of sulfonamides is 1. The SMILES string of the molecule is CCCCNC(=O)C(C)N(Cc1ccc(OC)cc1)C(=O)CN(c1ccc(C)cc1)S(=O)(=O)c1ccccc1. The summed E-state index contributed by atoms with van der Waals surface area (Å²) in [7, 11) is -2.50. The first kappa shape index (κ1) is 29.7. The fourth-order valence-electron chi connectivity index (χ4n) is 4.01. The molecule has 3 aromatic rings. The van der Waals surface area contributed by atoms with Gasteiger partial charge in [-0.1, -0.05) is 61.4 Å². The van der Waals surface area contributed by atoms with Crippen molar-refractivity contribution in [1.82, 2.24) is 10.2 Å². The van der Waals surface area contributed by atoms with Gasteiger partial charge in [0.05, 0.1) is 17.7 Å². The summed E-state index contributed by atoms with van der Waals surface area (Å²) in [4.78, 5) is 28.4. The van der Waals surface area contributed by atoms with Gasteiger partial charge in [0.1, 0.15) is 18.3 Å². The van der Waals surface area contributed by atoms with E-state index in [4.69, 9.17) is 4.74 Å². The summed E-state index contributed by atoms with van der Waals surface area (Å²) in [6, 6.07) is 21.3. The van der Waals surface area contributed by atoms with Gasteiger partial charge in [-0.25, -0.2) is 8.42 Å². The Morgan fingerprint density at radius 3 is 2.18 bits per heavy atom. The lowest BCUT2D eigenvalue weighted by molar-refractivity contribution is -0.139. The molecule has 0 aliphatic carbocycles. The zero-order valence-corrected chi connectivity index (χ0v) is 23.8. The Kier molecular flexibility index (Phi) is 10.5. The summed E-state index contributed by atoms with van der Waals surface area (Å²) in [5.41, 5.74) is 2.10. The molecule has 208 valence electrons. The van der Waals surface area contributed by atoms with E-state index in [1.54, 1.807) is 68.6 Å². The number of carbonyl (C=O) groups is 2. The van der Waals surface area contributed by atoms with Gasteiger partial charge in [0, 0.05) is 13.1 Å². The lowest BCUT2D eigenvalue weighted by Crippen LogP contribution is -2.51. The van der Waals surface area contributed by atoms with E-state index in [1.807, 2.05) is 26.0 Å². The van der Waals surface area contributed by atoms with Crippen LogP contribution < -0.4 is 14.4 Å². The molecule has 8 nitrogen and oxygen atoms in total. The molecule has 2 amide bonds. The van der Waals surface area contributed by atoms with Crippen molar-refractivity contribution in [2.75, 3.05) is 24.5 Å². The molecule has 0 aliphatic rings. The molecule has 0 radical (unpaired) electrons. The van der Waals surface area contributed by atoms with Crippen LogP contribution in [0, 0.1) is 6.92 Å². The molecule has 1 unspecified atom stereocenters. The third-order valence-corrected chi connectivity index (χ3v) is 8.23. The average Bonchev–Trinajstić information content (AvgIpc) is 2.95. The average molecular weight is 552 g/mol. The van der Waals surface area contributed by atoms with Gasteiger partial charge in [0.15, 0.2) is 0 Å². The highest BCUT2D eigenvalue weighted by atomic mass is 32.2. The molecule has 1 atom stereocenters. The van der Waals surface area contributed by atoms with Crippen LogP contribution in [-0.4, -0.2) is 51.4 Å². The van der Waals surface area contributed by atoms with Crippen LogP contribution in [0.1, 0.15) is 37.8 Å². The minimum Gasteiger partial charge on any atom is -0.497 e. The smallest absolute Gasteiger partial charge is 0.264 e. The number of rotatable bonds is 13. The fourth-order valence-corrected chi connectivity index (χ4v) is 5.44. The number of anilines is 1. The van der Waals surface area contributed by atoms with E-state index in [0.29, 0.717) is 18.0 Å². The van der Waals surface area contributed by atoms with Crippen molar-refractivity contribution in [3.05, 3.63) is 90.0 Å². The molecule has 0 spiro atoms. The van der Waals surface area contributed by atoms with E-state index in [-0.39, 0.29) is 17.3 Å². The molecule has 0 fully saturated rings. The maximum Gasteiger partial charge on any atom is 0.264 e. The Morgan fingerprint density at radius 1 is 0.949 bits per heavy atom. The first-order valence-electron chi connectivity index (χ1n) is 13.0. The Labute approximate surface area is 231 Å². The Balaban J connectivity index is 1.97. The fraction of sp³-hybridized carbons (Fsp3) is 0.333. The molecular formula is C30H37N3O5S. The Morgan fingerprint density at radius 2 is 1.59 bits per heavy atom. The number of methoxy groups -OCH3 is 1. The molecule has 3 aromatic carbocycles. The lowest BCUT2D eigenvalue weighted by Gasteiger charge is -2.32. The minimum absolute atomic E-state index is 0.0745. The van der Waals surface area contributed by atoms with E-state index < -0.39 is 28.5 Å². The van der Waals surface area contributed by atoms with Gasteiger partial charge in [-0.2, -0.15) is 0 Å². The van der Waals surface area contributed by atoms with E-state index in [1.165, 1.54) is 17.0 Å². The standard InChI is InChI=1S/C30H37N3O5S/c1-5-6-20-31-30(35)24(3)32(21-25-14-18-27(38-4)19-15-25)29(34)22-33(26-16-12-23(2)13-17-26)39(36,37)28-10-8-7-9-11-28/h7-19,24H,5-6,20-22H2,1-4H3,(H,31,35). The van der Waals surface area contributed by atoms with Gasteiger partial charge in [0.25, 0.3) is 10.0 Å². The molecule has 0 aromatic heterocycles. The molecule has 0 bridgehead atoms. The van der Waals surface area contributed by atoms with Crippen molar-refractivity contribution >= 4 is 27.5 Å². The van der Waals surface area contributed by atoms with Gasteiger partial charge in [-0.05, 0) is 62.2 Å². The second kappa shape index (κ2) is 13.8. The molecule has 1 N–H and O–H groups in total. The molecule has 9 heteroatoms. The predicted octanol–water partition coefficient (Wildman–Crippen LogP) is 4.53. The van der Waals surface area contributed by atoms with Crippen LogP contribution in [0.15, 0.2) is 83.8 Å². The van der Waals surface area contributed by atoms with Crippen LogP contribution in [0.4, 0.5) is 5.69 Å². The number of hydrogen-bond donors (Lipinski definition) is 1. The maximum absolute atomic E-state index is 13.9. The first-order valence-corrected chi connectivity index (χ1v) is 14.5. The lowest BCUT2D eigenvalue weighted by atomic mass is 10.1. The molecule has 39 heavy (non-hydrogen) atoms. The third-order valence-electron chi connectivity index (χ3n) is 6.44. The summed E-state index contributed by atoms with van der Waals surface area (Å²) in [5.74, 6) is -0.122. The summed E-state index contributed by atoms with van der Waals surface area (Å²) in [6.45, 7) is 5.75. The number of hydrogen-bond acceptors (Lipinski definition) is 5. The quantitative estimate of drug-likeness (QED) is 0.315. The predicted molar refractivity (Wildman–Crippen MR) is 153 cm³/mol. The van der Waals surface area contributed by atoms with Crippen LogP contribution in [0.25, 0.3) is 0 Å². The van der Waals surface area contributed by atoms with Crippen molar-refractivity contribution in [3.63, 3.8) is 0 Å². The van der Waals surface area contributed by atoms with Gasteiger partial charge >= 0.3 is 0 Å². The van der Waals surface area contributed by atoms with Crippen molar-refractivity contribution in [1.29, 1.82) is 0 Å². The molecule has 3 rings (SSSR count). The van der Waals surface area contributed by atoms with Crippen molar-refractivity contribution in [2.45, 2.75) is 51.1 Å². The Hall–Kier alpha value is -3.85. The van der Waals surface area contributed by atoms with Crippen LogP contribution in [0.5, 0.6) is 5.75 Å². The van der Waals surface area contributed by atoms with Gasteiger partial charge in [-0.3, -0.25) is 13.9 Å². The number of ether oxygens (including phenoxy) is 1. The first-order chi connectivity index (χ1) is 18.7. The number of amides is 2. The van der Waals surface area contributed by atoms with E-state index in [0.717, 1.165) is 28.3 Å². The zero-order valence-electron chi connectivity index (χ0n) is 23.0. The maximum atomic E-state index is 13.9. The zero-order chi connectivity index (χ0) is 28.4. The number of benzene rings is 3. The topological polar surface area (TPSA) is 96.0 Å². The molecule has 0 heterocycles. The van der Waals surface area contributed by atoms with Crippen molar-refractivity contribution in [2.24, 2.45) is 0 Å². The van der Waals surface area contributed by atoms with E-state index in [2.05, 4.69) is 5.32 Å². The molecule has 0 saturated heterocycles.